The van der Waals surface area contributed by atoms with Crippen molar-refractivity contribution in [3.05, 3.63) is 33.7 Å². The molecule has 1 heterocycles. The van der Waals surface area contributed by atoms with Crippen LogP contribution in [-0.2, 0) is 6.42 Å². The van der Waals surface area contributed by atoms with Crippen molar-refractivity contribution in [3.8, 4) is 0 Å². The number of aliphatic hydroxyl groups excluding tert-OH is 1. The highest BCUT2D eigenvalue weighted by Crippen LogP contribution is 2.32. The lowest BCUT2D eigenvalue weighted by atomic mass is 9.90. The summed E-state index contributed by atoms with van der Waals surface area (Å²) >= 11 is 0. The van der Waals surface area contributed by atoms with Crippen LogP contribution in [0.3, 0.4) is 0 Å². The van der Waals surface area contributed by atoms with Crippen molar-refractivity contribution in [2.75, 3.05) is 13.2 Å². The van der Waals surface area contributed by atoms with E-state index in [-0.39, 0.29) is 5.56 Å². The Morgan fingerprint density at radius 3 is 2.90 bits per heavy atom. The summed E-state index contributed by atoms with van der Waals surface area (Å²) in [5, 5.41) is 13.1. The van der Waals surface area contributed by atoms with Crippen LogP contribution in [0.5, 0.6) is 0 Å². The summed E-state index contributed by atoms with van der Waals surface area (Å²) in [5.41, 5.74) is 2.36. The highest BCUT2D eigenvalue weighted by Gasteiger charge is 2.28. The first-order valence-corrected chi connectivity index (χ1v) is 7.84. The molecule has 0 radical (unpaired) electrons. The molecule has 2 aliphatic carbocycles. The Bertz CT molecular complexity index is 511. The molecule has 0 spiro atoms. The van der Waals surface area contributed by atoms with Crippen molar-refractivity contribution in [2.45, 2.75) is 44.6 Å². The predicted octanol–water partition coefficient (Wildman–Crippen LogP) is 1.75. The highest BCUT2D eigenvalue weighted by atomic mass is 16.3. The maximum Gasteiger partial charge on any atom is 0.248 e. The lowest BCUT2D eigenvalue weighted by Gasteiger charge is -2.28. The molecule has 3 unspecified atom stereocenters. The molecule has 0 saturated heterocycles. The Morgan fingerprint density at radius 1 is 1.20 bits per heavy atom. The maximum absolute atomic E-state index is 11.4. The molecule has 20 heavy (non-hydrogen) atoms. The number of aromatic nitrogens is 1. The number of rotatable bonds is 4. The molecule has 1 fully saturated rings. The number of nitrogens with one attached hydrogen (secondary N) is 2. The first kappa shape index (κ1) is 13.8. The average molecular weight is 276 g/mol. The minimum Gasteiger partial charge on any atom is -0.396 e. The first-order chi connectivity index (χ1) is 9.78. The van der Waals surface area contributed by atoms with Gasteiger partial charge < -0.3 is 15.4 Å². The second kappa shape index (κ2) is 6.10. The third-order valence-corrected chi connectivity index (χ3v) is 5.01. The Labute approximate surface area is 119 Å². The van der Waals surface area contributed by atoms with Crippen molar-refractivity contribution in [3.63, 3.8) is 0 Å². The molecule has 1 saturated carbocycles. The van der Waals surface area contributed by atoms with Gasteiger partial charge in [0.15, 0.2) is 0 Å². The standard InChI is InChI=1S/C16H24N2O2/c19-10-12-4-1-3-11(12)9-17-14-5-2-6-15-13(14)7-8-16(20)18-15/h7-8,11-12,14,17,19H,1-6,9-10H2,(H,18,20). The van der Waals surface area contributed by atoms with Gasteiger partial charge in [0.2, 0.25) is 5.56 Å². The van der Waals surface area contributed by atoms with Gasteiger partial charge in [-0.15, -0.1) is 0 Å². The van der Waals surface area contributed by atoms with Crippen LogP contribution >= 0.6 is 0 Å². The molecular weight excluding hydrogens is 252 g/mol. The van der Waals surface area contributed by atoms with Crippen molar-refractivity contribution in [2.24, 2.45) is 11.8 Å². The third kappa shape index (κ3) is 2.81. The second-order valence-electron chi connectivity index (χ2n) is 6.24. The molecule has 0 amide bonds. The summed E-state index contributed by atoms with van der Waals surface area (Å²) < 4.78 is 0. The van der Waals surface area contributed by atoms with Crippen LogP contribution in [0.4, 0.5) is 0 Å². The minimum absolute atomic E-state index is 0.000498. The monoisotopic (exact) mass is 276 g/mol. The van der Waals surface area contributed by atoms with E-state index in [0.29, 0.717) is 24.5 Å². The number of aryl methyl sites for hydroxylation is 1. The summed E-state index contributed by atoms with van der Waals surface area (Å²) in [6, 6.07) is 3.96. The summed E-state index contributed by atoms with van der Waals surface area (Å²) in [4.78, 5) is 14.4. The minimum atomic E-state index is 0.000498. The molecule has 0 aliphatic heterocycles. The number of H-pyrrole nitrogens is 1. The van der Waals surface area contributed by atoms with E-state index in [4.69, 9.17) is 0 Å². The van der Waals surface area contributed by atoms with Crippen LogP contribution in [0.2, 0.25) is 0 Å². The molecule has 3 atom stereocenters. The average Bonchev–Trinajstić information content (AvgIpc) is 2.92. The molecule has 1 aromatic heterocycles. The fourth-order valence-electron chi connectivity index (χ4n) is 3.83. The van der Waals surface area contributed by atoms with Crippen LogP contribution in [0.25, 0.3) is 0 Å². The van der Waals surface area contributed by atoms with Crippen molar-refractivity contribution >= 4 is 0 Å². The van der Waals surface area contributed by atoms with Crippen molar-refractivity contribution in [1.82, 2.24) is 10.3 Å². The zero-order chi connectivity index (χ0) is 13.9. The van der Waals surface area contributed by atoms with Gasteiger partial charge >= 0.3 is 0 Å². The summed E-state index contributed by atoms with van der Waals surface area (Å²) in [5.74, 6) is 1.08. The van der Waals surface area contributed by atoms with E-state index in [1.54, 1.807) is 6.07 Å². The third-order valence-electron chi connectivity index (χ3n) is 5.01. The predicted molar refractivity (Wildman–Crippen MR) is 78.7 cm³/mol. The Kier molecular flexibility index (Phi) is 4.22. The fraction of sp³-hybridized carbons (Fsp3) is 0.688. The number of aromatic amines is 1. The van der Waals surface area contributed by atoms with Crippen LogP contribution in [-0.4, -0.2) is 23.2 Å². The Hall–Kier alpha value is -1.13. The number of aliphatic hydroxyl groups is 1. The van der Waals surface area contributed by atoms with Gasteiger partial charge in [-0.05, 0) is 56.0 Å². The van der Waals surface area contributed by atoms with Gasteiger partial charge in [0.25, 0.3) is 0 Å². The van der Waals surface area contributed by atoms with E-state index in [1.807, 2.05) is 6.07 Å². The molecule has 0 aromatic carbocycles. The smallest absolute Gasteiger partial charge is 0.248 e. The maximum atomic E-state index is 11.4. The molecule has 0 bridgehead atoms. The van der Waals surface area contributed by atoms with Crippen LogP contribution in [0.15, 0.2) is 16.9 Å². The van der Waals surface area contributed by atoms with E-state index >= 15 is 0 Å². The molecule has 3 rings (SSSR count). The quantitative estimate of drug-likeness (QED) is 0.785. The lowest BCUT2D eigenvalue weighted by molar-refractivity contribution is 0.189. The summed E-state index contributed by atoms with van der Waals surface area (Å²) in [6.45, 7) is 1.30. The molecular formula is C16H24N2O2. The van der Waals surface area contributed by atoms with Crippen LogP contribution < -0.4 is 10.9 Å². The number of pyridine rings is 1. The first-order valence-electron chi connectivity index (χ1n) is 7.84. The van der Waals surface area contributed by atoms with Crippen molar-refractivity contribution in [1.29, 1.82) is 0 Å². The van der Waals surface area contributed by atoms with Crippen LogP contribution in [0.1, 0.15) is 49.4 Å². The Morgan fingerprint density at radius 2 is 2.05 bits per heavy atom. The van der Waals surface area contributed by atoms with Gasteiger partial charge in [-0.25, -0.2) is 0 Å². The van der Waals surface area contributed by atoms with Gasteiger partial charge in [0.05, 0.1) is 0 Å². The fourth-order valence-corrected chi connectivity index (χ4v) is 3.83. The Balaban J connectivity index is 1.66. The van der Waals surface area contributed by atoms with Gasteiger partial charge in [-0.3, -0.25) is 4.79 Å². The van der Waals surface area contributed by atoms with Crippen LogP contribution in [0, 0.1) is 11.8 Å². The van der Waals surface area contributed by atoms with Crippen molar-refractivity contribution < 1.29 is 5.11 Å². The van der Waals surface area contributed by atoms with E-state index < -0.39 is 0 Å². The topological polar surface area (TPSA) is 65.1 Å². The number of fused-ring (bicyclic) bond motifs is 1. The zero-order valence-electron chi connectivity index (χ0n) is 11.9. The number of hydrogen-bond donors (Lipinski definition) is 3. The molecule has 1 aromatic rings. The van der Waals surface area contributed by atoms with E-state index in [1.165, 1.54) is 18.4 Å². The lowest BCUT2D eigenvalue weighted by Crippen LogP contribution is -2.32. The van der Waals surface area contributed by atoms with Gasteiger partial charge in [0, 0.05) is 24.4 Å². The van der Waals surface area contributed by atoms with Gasteiger partial charge in [0.1, 0.15) is 0 Å². The van der Waals surface area contributed by atoms with E-state index in [2.05, 4.69) is 10.3 Å². The SMILES string of the molecule is O=c1ccc2c([nH]1)CCCC2NCC1CCCC1CO. The molecule has 4 nitrogen and oxygen atoms in total. The van der Waals surface area contributed by atoms with Gasteiger partial charge in [-0.2, -0.15) is 0 Å². The normalized spacial score (nSPS) is 29.4. The molecule has 3 N–H and O–H groups in total. The number of hydrogen-bond acceptors (Lipinski definition) is 3. The molecule has 2 aliphatic rings. The molecule has 110 valence electrons. The highest BCUT2D eigenvalue weighted by molar-refractivity contribution is 5.26. The largest absolute Gasteiger partial charge is 0.396 e. The second-order valence-corrected chi connectivity index (χ2v) is 6.24. The van der Waals surface area contributed by atoms with E-state index in [0.717, 1.165) is 37.9 Å². The summed E-state index contributed by atoms with van der Waals surface area (Å²) in [6.07, 6.45) is 6.87. The summed E-state index contributed by atoms with van der Waals surface area (Å²) in [7, 11) is 0. The zero-order valence-corrected chi connectivity index (χ0v) is 11.9. The molecule has 4 heteroatoms. The van der Waals surface area contributed by atoms with Gasteiger partial charge in [-0.1, -0.05) is 12.5 Å². The van der Waals surface area contributed by atoms with E-state index in [9.17, 15) is 9.90 Å².